The van der Waals surface area contributed by atoms with E-state index in [1.165, 1.54) is 0 Å². The zero-order chi connectivity index (χ0) is 18.1. The van der Waals surface area contributed by atoms with Crippen LogP contribution in [0.2, 0.25) is 0 Å². The SMILES string of the molecule is COCC[C@@H]1CO[C@]2(CCCN(C(=O)c3nn(C)c4ccccc34)C2)C1. The maximum absolute atomic E-state index is 13.2. The van der Waals surface area contributed by atoms with Gasteiger partial charge in [-0.3, -0.25) is 9.48 Å². The number of piperidine rings is 1. The molecule has 2 fully saturated rings. The van der Waals surface area contributed by atoms with Crippen molar-refractivity contribution in [2.24, 2.45) is 13.0 Å². The lowest BCUT2D eigenvalue weighted by Gasteiger charge is -2.39. The van der Waals surface area contributed by atoms with Crippen molar-refractivity contribution >= 4 is 16.8 Å². The lowest BCUT2D eigenvalue weighted by atomic mass is 9.85. The second kappa shape index (κ2) is 7.00. The Labute approximate surface area is 154 Å². The van der Waals surface area contributed by atoms with E-state index in [4.69, 9.17) is 9.47 Å². The number of likely N-dealkylation sites (tertiary alicyclic amines) is 1. The minimum atomic E-state index is -0.184. The molecule has 3 heterocycles. The van der Waals surface area contributed by atoms with Crippen LogP contribution in [-0.4, -0.2) is 59.6 Å². The molecule has 1 spiro atoms. The number of ether oxygens (including phenoxy) is 2. The fraction of sp³-hybridized carbons (Fsp3) is 0.600. The highest BCUT2D eigenvalue weighted by Gasteiger charge is 2.44. The average Bonchev–Trinajstić information content (AvgIpc) is 3.21. The number of aromatic nitrogens is 2. The van der Waals surface area contributed by atoms with Gasteiger partial charge < -0.3 is 14.4 Å². The van der Waals surface area contributed by atoms with Crippen molar-refractivity contribution in [2.45, 2.75) is 31.3 Å². The Hall–Kier alpha value is -1.92. The molecule has 0 aliphatic carbocycles. The minimum Gasteiger partial charge on any atom is -0.385 e. The average molecular weight is 357 g/mol. The van der Waals surface area contributed by atoms with Crippen LogP contribution in [0.25, 0.3) is 10.9 Å². The third kappa shape index (κ3) is 3.12. The molecule has 4 rings (SSSR count). The summed E-state index contributed by atoms with van der Waals surface area (Å²) in [7, 11) is 3.63. The second-order valence-corrected chi connectivity index (χ2v) is 7.67. The maximum Gasteiger partial charge on any atom is 0.275 e. The molecule has 0 radical (unpaired) electrons. The van der Waals surface area contributed by atoms with Gasteiger partial charge in [-0.15, -0.1) is 0 Å². The van der Waals surface area contributed by atoms with Gasteiger partial charge in [-0.25, -0.2) is 0 Å². The van der Waals surface area contributed by atoms with Gasteiger partial charge in [0.1, 0.15) is 0 Å². The van der Waals surface area contributed by atoms with Gasteiger partial charge in [-0.1, -0.05) is 18.2 Å². The number of hydrogen-bond donors (Lipinski definition) is 0. The van der Waals surface area contributed by atoms with Crippen molar-refractivity contribution in [2.75, 3.05) is 33.4 Å². The number of amides is 1. The van der Waals surface area contributed by atoms with Crippen molar-refractivity contribution in [3.63, 3.8) is 0 Å². The van der Waals surface area contributed by atoms with Crippen molar-refractivity contribution in [3.8, 4) is 0 Å². The lowest BCUT2D eigenvalue weighted by Crippen LogP contribution is -2.50. The Morgan fingerprint density at radius 3 is 3.12 bits per heavy atom. The predicted octanol–water partition coefficient (Wildman–Crippen LogP) is 2.62. The molecule has 2 aromatic rings. The number of fused-ring (bicyclic) bond motifs is 1. The first kappa shape index (κ1) is 17.5. The second-order valence-electron chi connectivity index (χ2n) is 7.67. The molecule has 0 N–H and O–H groups in total. The first-order chi connectivity index (χ1) is 12.6. The van der Waals surface area contributed by atoms with Gasteiger partial charge in [0.2, 0.25) is 0 Å². The maximum atomic E-state index is 13.2. The zero-order valence-corrected chi connectivity index (χ0v) is 15.6. The van der Waals surface area contributed by atoms with Crippen molar-refractivity contribution in [3.05, 3.63) is 30.0 Å². The first-order valence-electron chi connectivity index (χ1n) is 9.46. The van der Waals surface area contributed by atoms with E-state index < -0.39 is 0 Å². The van der Waals surface area contributed by atoms with Gasteiger partial charge in [0.15, 0.2) is 5.69 Å². The number of benzene rings is 1. The largest absolute Gasteiger partial charge is 0.385 e. The molecular weight excluding hydrogens is 330 g/mol. The van der Waals surface area contributed by atoms with Gasteiger partial charge in [0, 0.05) is 32.7 Å². The van der Waals surface area contributed by atoms with Crippen LogP contribution in [0.5, 0.6) is 0 Å². The first-order valence-corrected chi connectivity index (χ1v) is 9.46. The van der Waals surface area contributed by atoms with Gasteiger partial charge in [0.05, 0.1) is 24.3 Å². The number of hydrogen-bond acceptors (Lipinski definition) is 4. The van der Waals surface area contributed by atoms with E-state index in [9.17, 15) is 4.79 Å². The summed E-state index contributed by atoms with van der Waals surface area (Å²) in [4.78, 5) is 15.1. The fourth-order valence-electron chi connectivity index (χ4n) is 4.49. The summed E-state index contributed by atoms with van der Waals surface area (Å²) in [5.41, 5.74) is 1.35. The molecule has 0 saturated carbocycles. The quantitative estimate of drug-likeness (QED) is 0.844. The molecule has 2 saturated heterocycles. The highest BCUT2D eigenvalue weighted by Crippen LogP contribution is 2.39. The van der Waals surface area contributed by atoms with E-state index in [0.29, 0.717) is 18.2 Å². The van der Waals surface area contributed by atoms with Crippen molar-refractivity contribution in [1.29, 1.82) is 0 Å². The Bertz CT molecular complexity index is 803. The van der Waals surface area contributed by atoms with E-state index in [0.717, 1.165) is 56.3 Å². The van der Waals surface area contributed by atoms with Gasteiger partial charge in [-0.05, 0) is 37.7 Å². The molecule has 2 atom stereocenters. The van der Waals surface area contributed by atoms with E-state index in [-0.39, 0.29) is 11.5 Å². The lowest BCUT2D eigenvalue weighted by molar-refractivity contribution is -0.0451. The summed E-state index contributed by atoms with van der Waals surface area (Å²) in [5, 5.41) is 5.42. The molecule has 1 aromatic carbocycles. The summed E-state index contributed by atoms with van der Waals surface area (Å²) in [6.07, 6.45) is 4.05. The molecule has 1 amide bonds. The fourth-order valence-corrected chi connectivity index (χ4v) is 4.49. The number of carbonyl (C=O) groups is 1. The number of carbonyl (C=O) groups excluding carboxylic acids is 1. The summed E-state index contributed by atoms with van der Waals surface area (Å²) in [6, 6.07) is 7.90. The van der Waals surface area contributed by atoms with Gasteiger partial charge in [0.25, 0.3) is 5.91 Å². The Morgan fingerprint density at radius 1 is 1.42 bits per heavy atom. The van der Waals surface area contributed by atoms with E-state index >= 15 is 0 Å². The van der Waals surface area contributed by atoms with Crippen LogP contribution >= 0.6 is 0 Å². The molecule has 1 aromatic heterocycles. The molecule has 0 bridgehead atoms. The van der Waals surface area contributed by atoms with E-state index in [1.54, 1.807) is 11.8 Å². The summed E-state index contributed by atoms with van der Waals surface area (Å²) >= 11 is 0. The summed E-state index contributed by atoms with van der Waals surface area (Å²) < 4.78 is 13.2. The highest BCUT2D eigenvalue weighted by molar-refractivity contribution is 6.04. The van der Waals surface area contributed by atoms with Crippen molar-refractivity contribution in [1.82, 2.24) is 14.7 Å². The van der Waals surface area contributed by atoms with Crippen LogP contribution in [0, 0.1) is 5.92 Å². The van der Waals surface area contributed by atoms with Crippen LogP contribution in [0.1, 0.15) is 36.2 Å². The minimum absolute atomic E-state index is 0.0183. The van der Waals surface area contributed by atoms with Crippen LogP contribution in [0.15, 0.2) is 24.3 Å². The third-order valence-electron chi connectivity index (χ3n) is 5.80. The Morgan fingerprint density at radius 2 is 2.27 bits per heavy atom. The molecule has 26 heavy (non-hydrogen) atoms. The van der Waals surface area contributed by atoms with Crippen LogP contribution in [-0.2, 0) is 16.5 Å². The number of rotatable bonds is 4. The molecular formula is C20H27N3O3. The Balaban J connectivity index is 1.52. The molecule has 2 aliphatic rings. The molecule has 6 heteroatoms. The Kier molecular flexibility index (Phi) is 4.71. The third-order valence-corrected chi connectivity index (χ3v) is 5.80. The summed E-state index contributed by atoms with van der Waals surface area (Å²) in [5.74, 6) is 0.547. The highest BCUT2D eigenvalue weighted by atomic mass is 16.5. The van der Waals surface area contributed by atoms with Gasteiger partial charge >= 0.3 is 0 Å². The van der Waals surface area contributed by atoms with E-state index in [2.05, 4.69) is 5.10 Å². The molecule has 0 unspecified atom stereocenters. The van der Waals surface area contributed by atoms with Crippen LogP contribution in [0.3, 0.4) is 0 Å². The summed E-state index contributed by atoms with van der Waals surface area (Å²) in [6.45, 7) is 2.99. The smallest absolute Gasteiger partial charge is 0.275 e. The number of para-hydroxylation sites is 1. The van der Waals surface area contributed by atoms with Gasteiger partial charge in [-0.2, -0.15) is 5.10 Å². The normalized spacial score (nSPS) is 26.1. The van der Waals surface area contributed by atoms with Crippen LogP contribution < -0.4 is 0 Å². The zero-order valence-electron chi connectivity index (χ0n) is 15.6. The topological polar surface area (TPSA) is 56.6 Å². The van der Waals surface area contributed by atoms with Crippen LogP contribution in [0.4, 0.5) is 0 Å². The predicted molar refractivity (Wildman–Crippen MR) is 99.1 cm³/mol. The molecule has 6 nitrogen and oxygen atoms in total. The number of nitrogens with zero attached hydrogens (tertiary/aromatic N) is 3. The van der Waals surface area contributed by atoms with E-state index in [1.807, 2.05) is 36.2 Å². The molecule has 2 aliphatic heterocycles. The molecule has 140 valence electrons. The monoisotopic (exact) mass is 357 g/mol. The number of aryl methyl sites for hydroxylation is 1. The van der Waals surface area contributed by atoms with Crippen molar-refractivity contribution < 1.29 is 14.3 Å². The standard InChI is InChI=1S/C20H27N3O3/c1-22-17-7-4-3-6-16(17)18(21-22)19(24)23-10-5-9-20(14-23)12-15(13-26-20)8-11-25-2/h3-4,6-7,15H,5,8-14H2,1-2H3/t15-,20+/m0/s1. The number of methoxy groups -OCH3 is 1.